The van der Waals surface area contributed by atoms with Crippen molar-refractivity contribution in [2.75, 3.05) is 11.9 Å². The molecule has 0 radical (unpaired) electrons. The van der Waals surface area contributed by atoms with Gasteiger partial charge >= 0.3 is 12.1 Å². The molecule has 4 nitrogen and oxygen atoms in total. The molecule has 0 aliphatic heterocycles. The minimum atomic E-state index is -4.98. The summed E-state index contributed by atoms with van der Waals surface area (Å²) in [6, 6.07) is 9.77. The zero-order chi connectivity index (χ0) is 17.5. The molecule has 0 bridgehead atoms. The highest BCUT2D eigenvalue weighted by Gasteiger charge is 2.41. The summed E-state index contributed by atoms with van der Waals surface area (Å²) >= 11 is 0. The molecule has 0 saturated heterocycles. The molecule has 24 heavy (non-hydrogen) atoms. The van der Waals surface area contributed by atoms with Crippen molar-refractivity contribution in [3.63, 3.8) is 0 Å². The van der Waals surface area contributed by atoms with Gasteiger partial charge in [0.15, 0.2) is 5.58 Å². The van der Waals surface area contributed by atoms with E-state index in [0.717, 1.165) is 7.05 Å². The van der Waals surface area contributed by atoms with Crippen molar-refractivity contribution in [3.05, 3.63) is 48.3 Å². The number of oxazole rings is 1. The lowest BCUT2D eigenvalue weighted by molar-refractivity contribution is -0.170. The van der Waals surface area contributed by atoms with Crippen LogP contribution in [0.5, 0.6) is 0 Å². The Bertz CT molecular complexity index is 918. The number of anilines is 1. The van der Waals surface area contributed by atoms with Crippen LogP contribution in [0.2, 0.25) is 0 Å². The molecule has 0 unspecified atom stereocenters. The molecule has 3 aromatic rings. The van der Waals surface area contributed by atoms with Gasteiger partial charge in [0, 0.05) is 12.7 Å². The zero-order valence-electron chi connectivity index (χ0n) is 12.3. The summed E-state index contributed by atoms with van der Waals surface area (Å²) in [6.45, 7) is 0. The Kier molecular flexibility index (Phi) is 3.75. The minimum absolute atomic E-state index is 0.00166. The van der Waals surface area contributed by atoms with Crippen LogP contribution in [0.25, 0.3) is 22.6 Å². The summed E-state index contributed by atoms with van der Waals surface area (Å²) in [5.41, 5.74) is 0.616. The lowest BCUT2D eigenvalue weighted by atomic mass is 10.2. The van der Waals surface area contributed by atoms with Crippen LogP contribution in [0.15, 0.2) is 46.9 Å². The smallest absolute Gasteiger partial charge is 0.436 e. The molecule has 124 valence electrons. The molecule has 2 aromatic carbocycles. The van der Waals surface area contributed by atoms with Gasteiger partial charge < -0.3 is 9.32 Å². The third-order valence-corrected chi connectivity index (χ3v) is 3.41. The summed E-state index contributed by atoms with van der Waals surface area (Å²) in [5, 5.41) is 0. The quantitative estimate of drug-likeness (QED) is 0.659. The van der Waals surface area contributed by atoms with E-state index in [4.69, 9.17) is 4.42 Å². The third kappa shape index (κ3) is 2.82. The highest BCUT2D eigenvalue weighted by molar-refractivity contribution is 5.98. The molecule has 0 N–H and O–H groups in total. The van der Waals surface area contributed by atoms with Crippen LogP contribution in [0.4, 0.5) is 23.2 Å². The van der Waals surface area contributed by atoms with Crippen molar-refractivity contribution in [2.24, 2.45) is 0 Å². The number of amides is 1. The Morgan fingerprint density at radius 1 is 1.17 bits per heavy atom. The molecule has 0 aliphatic carbocycles. The first-order chi connectivity index (χ1) is 11.3. The summed E-state index contributed by atoms with van der Waals surface area (Å²) in [4.78, 5) is 15.8. The van der Waals surface area contributed by atoms with Crippen LogP contribution in [0.1, 0.15) is 0 Å². The average molecular weight is 338 g/mol. The third-order valence-electron chi connectivity index (χ3n) is 3.41. The molecule has 3 rings (SSSR count). The molecule has 8 heteroatoms. The average Bonchev–Trinajstić information content (AvgIpc) is 2.95. The number of benzene rings is 2. The Hall–Kier alpha value is -2.90. The maximum Gasteiger partial charge on any atom is 0.471 e. The zero-order valence-corrected chi connectivity index (χ0v) is 12.3. The van der Waals surface area contributed by atoms with Gasteiger partial charge in [0.05, 0.1) is 5.56 Å². The van der Waals surface area contributed by atoms with Crippen LogP contribution in [0, 0.1) is 5.82 Å². The first-order valence-corrected chi connectivity index (χ1v) is 6.78. The van der Waals surface area contributed by atoms with Gasteiger partial charge in [-0.15, -0.1) is 0 Å². The Morgan fingerprint density at radius 2 is 1.88 bits per heavy atom. The monoisotopic (exact) mass is 338 g/mol. The highest BCUT2D eigenvalue weighted by Crippen LogP contribution is 2.29. The molecular weight excluding hydrogens is 328 g/mol. The number of carbonyl (C=O) groups is 1. The first kappa shape index (κ1) is 16.0. The molecule has 1 aromatic heterocycles. The number of rotatable bonds is 2. The second-order valence-corrected chi connectivity index (χ2v) is 5.01. The number of hydrogen-bond donors (Lipinski definition) is 0. The SMILES string of the molecule is CN(C(=O)C(F)(F)F)c1ccc2oc(-c3ccccc3F)nc2c1. The summed E-state index contributed by atoms with van der Waals surface area (Å²) in [6.07, 6.45) is -4.98. The fourth-order valence-corrected chi connectivity index (χ4v) is 2.18. The van der Waals surface area contributed by atoms with Crippen molar-refractivity contribution >= 4 is 22.7 Å². The van der Waals surface area contributed by atoms with Gasteiger partial charge in [-0.2, -0.15) is 13.2 Å². The molecule has 1 amide bonds. The number of fused-ring (bicyclic) bond motifs is 1. The number of carbonyl (C=O) groups excluding carboxylic acids is 1. The predicted molar refractivity (Wildman–Crippen MR) is 78.9 cm³/mol. The van der Waals surface area contributed by atoms with E-state index in [-0.39, 0.29) is 28.2 Å². The number of nitrogens with zero attached hydrogens (tertiary/aromatic N) is 2. The van der Waals surface area contributed by atoms with E-state index in [1.54, 1.807) is 6.07 Å². The Labute approximate surface area is 133 Å². The fraction of sp³-hybridized carbons (Fsp3) is 0.125. The van der Waals surface area contributed by atoms with E-state index in [9.17, 15) is 22.4 Å². The van der Waals surface area contributed by atoms with E-state index < -0.39 is 17.9 Å². The largest absolute Gasteiger partial charge is 0.471 e. The van der Waals surface area contributed by atoms with Crippen molar-refractivity contribution < 1.29 is 26.8 Å². The second kappa shape index (κ2) is 5.63. The number of hydrogen-bond acceptors (Lipinski definition) is 3. The van der Waals surface area contributed by atoms with Gasteiger partial charge in [-0.25, -0.2) is 9.37 Å². The van der Waals surface area contributed by atoms with Gasteiger partial charge in [0.25, 0.3) is 0 Å². The summed E-state index contributed by atoms with van der Waals surface area (Å²) < 4.78 is 56.7. The highest BCUT2D eigenvalue weighted by atomic mass is 19.4. The fourth-order valence-electron chi connectivity index (χ4n) is 2.18. The number of alkyl halides is 3. The van der Waals surface area contributed by atoms with Crippen LogP contribution in [-0.2, 0) is 4.79 Å². The van der Waals surface area contributed by atoms with Crippen molar-refractivity contribution in [1.29, 1.82) is 0 Å². The van der Waals surface area contributed by atoms with Crippen LogP contribution < -0.4 is 4.90 Å². The van der Waals surface area contributed by atoms with Crippen LogP contribution in [-0.4, -0.2) is 24.1 Å². The Morgan fingerprint density at radius 3 is 2.54 bits per heavy atom. The maximum atomic E-state index is 13.8. The van der Waals surface area contributed by atoms with Crippen molar-refractivity contribution in [3.8, 4) is 11.5 Å². The molecule has 0 fully saturated rings. The van der Waals surface area contributed by atoms with E-state index in [2.05, 4.69) is 4.98 Å². The second-order valence-electron chi connectivity index (χ2n) is 5.01. The Balaban J connectivity index is 2.01. The predicted octanol–water partition coefficient (Wildman–Crippen LogP) is 4.16. The van der Waals surface area contributed by atoms with Gasteiger partial charge in [0.1, 0.15) is 11.3 Å². The minimum Gasteiger partial charge on any atom is -0.436 e. The summed E-state index contributed by atoms with van der Waals surface area (Å²) in [7, 11) is 1.01. The van der Waals surface area contributed by atoms with E-state index in [0.29, 0.717) is 4.90 Å². The molecule has 1 heterocycles. The molecule has 0 spiro atoms. The lowest BCUT2D eigenvalue weighted by Crippen LogP contribution is -2.38. The normalized spacial score (nSPS) is 11.7. The van der Waals surface area contributed by atoms with Gasteiger partial charge in [-0.1, -0.05) is 12.1 Å². The topological polar surface area (TPSA) is 46.3 Å². The van der Waals surface area contributed by atoms with Crippen molar-refractivity contribution in [1.82, 2.24) is 4.98 Å². The standard InChI is InChI=1S/C16H10F4N2O2/c1-22(15(23)16(18,19)20)9-6-7-13-12(8-9)21-14(24-13)10-4-2-3-5-11(10)17/h2-8H,1H3. The lowest BCUT2D eigenvalue weighted by Gasteiger charge is -2.18. The molecular formula is C16H10F4N2O2. The molecule has 0 aliphatic rings. The maximum absolute atomic E-state index is 13.8. The van der Waals surface area contributed by atoms with Gasteiger partial charge in [-0.3, -0.25) is 4.79 Å². The number of halogens is 4. The molecule has 0 atom stereocenters. The summed E-state index contributed by atoms with van der Waals surface area (Å²) in [5.74, 6) is -2.53. The van der Waals surface area contributed by atoms with Gasteiger partial charge in [0.2, 0.25) is 5.89 Å². The van der Waals surface area contributed by atoms with Crippen LogP contribution >= 0.6 is 0 Å². The van der Waals surface area contributed by atoms with E-state index in [1.807, 2.05) is 0 Å². The van der Waals surface area contributed by atoms with Crippen molar-refractivity contribution in [2.45, 2.75) is 6.18 Å². The van der Waals surface area contributed by atoms with Gasteiger partial charge in [-0.05, 0) is 30.3 Å². The van der Waals surface area contributed by atoms with E-state index >= 15 is 0 Å². The first-order valence-electron chi connectivity index (χ1n) is 6.78. The van der Waals surface area contributed by atoms with Crippen LogP contribution in [0.3, 0.4) is 0 Å². The van der Waals surface area contributed by atoms with E-state index in [1.165, 1.54) is 36.4 Å². The number of aromatic nitrogens is 1. The molecule has 0 saturated carbocycles.